The number of hydrogen-bond acceptors (Lipinski definition) is 5. The zero-order valence-electron chi connectivity index (χ0n) is 14.2. The van der Waals surface area contributed by atoms with E-state index in [2.05, 4.69) is 25.6 Å². The number of morpholine rings is 1. The Morgan fingerprint density at radius 2 is 2.00 bits per heavy atom. The summed E-state index contributed by atoms with van der Waals surface area (Å²) in [5.41, 5.74) is 0. The van der Waals surface area contributed by atoms with Crippen LogP contribution in [0.15, 0.2) is 44.1 Å². The molecule has 9 heteroatoms. The number of sulfonamides is 1. The number of benzene rings is 1. The average molecular weight is 447 g/mol. The molecular weight excluding hydrogens is 427 g/mol. The van der Waals surface area contributed by atoms with Crippen molar-refractivity contribution in [2.45, 2.75) is 17.9 Å². The lowest BCUT2D eigenvalue weighted by molar-refractivity contribution is 0.0127. The Hall–Kier alpha value is -1.26. The SMILES string of the molecule is Cc1ccc(C(CNS(=O)(=O)c2cc(Br)ccc2F)N2CCOCC2)o1. The molecule has 1 aliphatic rings. The second kappa shape index (κ2) is 8.18. The van der Waals surface area contributed by atoms with E-state index in [-0.39, 0.29) is 17.5 Å². The van der Waals surface area contributed by atoms with Crippen LogP contribution >= 0.6 is 15.9 Å². The molecule has 0 saturated carbocycles. The van der Waals surface area contributed by atoms with Crippen molar-refractivity contribution in [3.8, 4) is 0 Å². The van der Waals surface area contributed by atoms with Gasteiger partial charge in [0.2, 0.25) is 10.0 Å². The zero-order chi connectivity index (χ0) is 18.7. The van der Waals surface area contributed by atoms with Gasteiger partial charge in [0.1, 0.15) is 22.2 Å². The molecule has 0 aliphatic carbocycles. The smallest absolute Gasteiger partial charge is 0.243 e. The lowest BCUT2D eigenvalue weighted by Gasteiger charge is -2.33. The number of ether oxygens (including phenoxy) is 1. The highest BCUT2D eigenvalue weighted by atomic mass is 79.9. The Morgan fingerprint density at radius 3 is 2.65 bits per heavy atom. The van der Waals surface area contributed by atoms with E-state index >= 15 is 0 Å². The first-order valence-electron chi connectivity index (χ1n) is 8.19. The van der Waals surface area contributed by atoms with Crippen LogP contribution in [0, 0.1) is 12.7 Å². The van der Waals surface area contributed by atoms with Crippen LogP contribution in [0.5, 0.6) is 0 Å². The molecule has 1 N–H and O–H groups in total. The maximum atomic E-state index is 14.0. The predicted molar refractivity (Wildman–Crippen MR) is 97.9 cm³/mol. The summed E-state index contributed by atoms with van der Waals surface area (Å²) in [5, 5.41) is 0. The van der Waals surface area contributed by atoms with Crippen molar-refractivity contribution < 1.29 is 22.0 Å². The Morgan fingerprint density at radius 1 is 1.27 bits per heavy atom. The summed E-state index contributed by atoms with van der Waals surface area (Å²) < 4.78 is 53.2. The fourth-order valence-electron chi connectivity index (χ4n) is 2.88. The largest absolute Gasteiger partial charge is 0.465 e. The molecule has 1 aromatic carbocycles. The topological polar surface area (TPSA) is 71.8 Å². The fraction of sp³-hybridized carbons (Fsp3) is 0.412. The van der Waals surface area contributed by atoms with Crippen molar-refractivity contribution in [1.82, 2.24) is 9.62 Å². The lowest BCUT2D eigenvalue weighted by Crippen LogP contribution is -2.43. The minimum atomic E-state index is -4.00. The van der Waals surface area contributed by atoms with Crippen molar-refractivity contribution in [2.24, 2.45) is 0 Å². The quantitative estimate of drug-likeness (QED) is 0.738. The third-order valence-electron chi connectivity index (χ3n) is 4.23. The highest BCUT2D eigenvalue weighted by Gasteiger charge is 2.28. The molecule has 6 nitrogen and oxygen atoms in total. The minimum absolute atomic E-state index is 0.0707. The summed E-state index contributed by atoms with van der Waals surface area (Å²) in [7, 11) is -4.00. The molecule has 1 fully saturated rings. The molecule has 1 aliphatic heterocycles. The third-order valence-corrected chi connectivity index (χ3v) is 6.16. The van der Waals surface area contributed by atoms with Gasteiger partial charge in [0.25, 0.3) is 0 Å². The van der Waals surface area contributed by atoms with Crippen LogP contribution in [0.2, 0.25) is 0 Å². The van der Waals surface area contributed by atoms with Gasteiger partial charge < -0.3 is 9.15 Å². The van der Waals surface area contributed by atoms with E-state index in [9.17, 15) is 12.8 Å². The number of nitrogens with zero attached hydrogens (tertiary/aromatic N) is 1. The summed E-state index contributed by atoms with van der Waals surface area (Å²) in [4.78, 5) is 1.71. The molecule has 0 radical (unpaired) electrons. The van der Waals surface area contributed by atoms with Crippen LogP contribution in [0.4, 0.5) is 4.39 Å². The normalized spacial score (nSPS) is 17.3. The molecule has 1 aromatic heterocycles. The molecule has 1 unspecified atom stereocenters. The molecule has 26 heavy (non-hydrogen) atoms. The first-order valence-corrected chi connectivity index (χ1v) is 10.5. The summed E-state index contributed by atoms with van der Waals surface area (Å²) in [6, 6.07) is 7.20. The third kappa shape index (κ3) is 4.52. The van der Waals surface area contributed by atoms with Gasteiger partial charge in [-0.15, -0.1) is 0 Å². The Balaban J connectivity index is 1.81. The minimum Gasteiger partial charge on any atom is -0.465 e. The molecule has 3 rings (SSSR count). The van der Waals surface area contributed by atoms with E-state index in [1.54, 1.807) is 0 Å². The molecular formula is C17H20BrFN2O4S. The number of rotatable bonds is 6. The van der Waals surface area contributed by atoms with Crippen LogP contribution in [0.1, 0.15) is 17.6 Å². The van der Waals surface area contributed by atoms with Gasteiger partial charge in [-0.05, 0) is 37.3 Å². The van der Waals surface area contributed by atoms with Gasteiger partial charge in [0.15, 0.2) is 0 Å². The Labute approximate surface area is 160 Å². The number of aryl methyl sites for hydroxylation is 1. The van der Waals surface area contributed by atoms with E-state index in [1.807, 2.05) is 19.1 Å². The highest BCUT2D eigenvalue weighted by molar-refractivity contribution is 9.10. The predicted octanol–water partition coefficient (Wildman–Crippen LogP) is 2.84. The first kappa shape index (κ1) is 19.5. The summed E-state index contributed by atoms with van der Waals surface area (Å²) in [6.07, 6.45) is 0. The van der Waals surface area contributed by atoms with E-state index in [1.165, 1.54) is 12.1 Å². The van der Waals surface area contributed by atoms with E-state index in [0.29, 0.717) is 36.5 Å². The van der Waals surface area contributed by atoms with Crippen molar-refractivity contribution >= 4 is 26.0 Å². The van der Waals surface area contributed by atoms with Gasteiger partial charge in [-0.25, -0.2) is 17.5 Å². The summed E-state index contributed by atoms with van der Waals surface area (Å²) >= 11 is 3.17. The molecule has 0 amide bonds. The first-order chi connectivity index (χ1) is 12.4. The van der Waals surface area contributed by atoms with Crippen molar-refractivity contribution in [1.29, 1.82) is 0 Å². The number of halogens is 2. The maximum Gasteiger partial charge on any atom is 0.243 e. The van der Waals surface area contributed by atoms with Gasteiger partial charge in [-0.3, -0.25) is 4.90 Å². The monoisotopic (exact) mass is 446 g/mol. The molecule has 2 aromatic rings. The van der Waals surface area contributed by atoms with E-state index in [4.69, 9.17) is 9.15 Å². The van der Waals surface area contributed by atoms with Crippen LogP contribution in [0.25, 0.3) is 0 Å². The number of hydrogen-bond donors (Lipinski definition) is 1. The van der Waals surface area contributed by atoms with Crippen LogP contribution in [-0.2, 0) is 14.8 Å². The van der Waals surface area contributed by atoms with Crippen LogP contribution in [0.3, 0.4) is 0 Å². The molecule has 142 valence electrons. The zero-order valence-corrected chi connectivity index (χ0v) is 16.6. The molecule has 1 atom stereocenters. The van der Waals surface area contributed by atoms with Gasteiger partial charge in [-0.1, -0.05) is 15.9 Å². The number of furan rings is 1. The number of nitrogens with one attached hydrogen (secondary N) is 1. The van der Waals surface area contributed by atoms with Crippen molar-refractivity contribution in [2.75, 3.05) is 32.8 Å². The Kier molecular flexibility index (Phi) is 6.13. The summed E-state index contributed by atoms with van der Waals surface area (Å²) in [5.74, 6) is 0.624. The molecule has 0 bridgehead atoms. The van der Waals surface area contributed by atoms with Gasteiger partial charge in [0.05, 0.1) is 19.3 Å². The van der Waals surface area contributed by atoms with Crippen molar-refractivity contribution in [3.05, 3.63) is 52.1 Å². The highest BCUT2D eigenvalue weighted by Crippen LogP contribution is 2.25. The van der Waals surface area contributed by atoms with Crippen LogP contribution in [-0.4, -0.2) is 46.2 Å². The Bertz CT molecular complexity index is 865. The van der Waals surface area contributed by atoms with Gasteiger partial charge in [-0.2, -0.15) is 0 Å². The van der Waals surface area contributed by atoms with Gasteiger partial charge >= 0.3 is 0 Å². The molecule has 1 saturated heterocycles. The second-order valence-electron chi connectivity index (χ2n) is 6.04. The lowest BCUT2D eigenvalue weighted by atomic mass is 10.2. The molecule has 2 heterocycles. The van der Waals surface area contributed by atoms with Crippen LogP contribution < -0.4 is 4.72 Å². The average Bonchev–Trinajstić information content (AvgIpc) is 3.04. The second-order valence-corrected chi connectivity index (χ2v) is 8.69. The maximum absolute atomic E-state index is 14.0. The fourth-order valence-corrected chi connectivity index (χ4v) is 4.53. The van der Waals surface area contributed by atoms with E-state index in [0.717, 1.165) is 11.8 Å². The summed E-state index contributed by atoms with van der Waals surface area (Å²) in [6.45, 7) is 4.38. The standard InChI is InChI=1S/C17H20BrFN2O4S/c1-12-2-5-16(25-12)15(21-6-8-24-9-7-21)11-20-26(22,23)17-10-13(18)3-4-14(17)19/h2-5,10,15,20H,6-9,11H2,1H3. The van der Waals surface area contributed by atoms with Crippen molar-refractivity contribution in [3.63, 3.8) is 0 Å². The van der Waals surface area contributed by atoms with E-state index < -0.39 is 15.8 Å². The molecule has 0 spiro atoms. The van der Waals surface area contributed by atoms with Gasteiger partial charge in [0, 0.05) is 24.1 Å².